The first-order valence-electron chi connectivity index (χ1n) is 6.99. The van der Waals surface area contributed by atoms with Crippen molar-refractivity contribution in [3.63, 3.8) is 0 Å². The molecule has 0 spiro atoms. The van der Waals surface area contributed by atoms with Gasteiger partial charge in [-0.15, -0.1) is 0 Å². The molecule has 102 valence electrons. The molecule has 2 rings (SSSR count). The minimum Gasteiger partial charge on any atom is -0.464 e. The van der Waals surface area contributed by atoms with Gasteiger partial charge in [-0.1, -0.05) is 26.2 Å². The highest BCUT2D eigenvalue weighted by Gasteiger charge is 2.26. The first kappa shape index (κ1) is 14.0. The molecule has 0 aromatic carbocycles. The lowest BCUT2D eigenvalue weighted by molar-refractivity contribution is 0.205. The molecular weight excluding hydrogens is 242 g/mol. The van der Waals surface area contributed by atoms with Crippen LogP contribution in [0.5, 0.6) is 0 Å². The number of hydrogen-bond acceptors (Lipinski definition) is 3. The largest absolute Gasteiger partial charge is 0.464 e. The molecule has 1 aromatic heterocycles. The Kier molecular flexibility index (Phi) is 5.19. The van der Waals surface area contributed by atoms with Crippen molar-refractivity contribution in [2.24, 2.45) is 5.41 Å². The molecule has 0 unspecified atom stereocenters. The number of hydrogen-bond donors (Lipinski definition) is 1. The van der Waals surface area contributed by atoms with Crippen molar-refractivity contribution in [1.82, 2.24) is 5.32 Å². The molecule has 18 heavy (non-hydrogen) atoms. The topological polar surface area (TPSA) is 25.2 Å². The predicted molar refractivity (Wildman–Crippen MR) is 78.8 cm³/mol. The molecule has 0 atom stereocenters. The van der Waals surface area contributed by atoms with Gasteiger partial charge in [0.1, 0.15) is 11.5 Å². The van der Waals surface area contributed by atoms with Gasteiger partial charge in [0.2, 0.25) is 0 Å². The van der Waals surface area contributed by atoms with E-state index < -0.39 is 0 Å². The van der Waals surface area contributed by atoms with Crippen LogP contribution in [-0.4, -0.2) is 12.8 Å². The van der Waals surface area contributed by atoms with Gasteiger partial charge >= 0.3 is 0 Å². The minimum atomic E-state index is 0.507. The molecule has 1 aromatic rings. The zero-order chi connectivity index (χ0) is 12.8. The number of nitrogens with one attached hydrogen (secondary N) is 1. The standard InChI is InChI=1S/C15H25NOS/c1-15(8-4-3-5-9-15)12-16-10-13-6-7-14(17-13)11-18-2/h6-7,16H,3-5,8-12H2,1-2H3. The second-order valence-corrected chi connectivity index (χ2v) is 6.64. The third-order valence-electron chi connectivity index (χ3n) is 3.92. The summed E-state index contributed by atoms with van der Waals surface area (Å²) in [4.78, 5) is 0. The molecule has 3 heteroatoms. The Morgan fingerprint density at radius 3 is 2.67 bits per heavy atom. The molecule has 1 aliphatic rings. The third kappa shape index (κ3) is 4.06. The molecule has 1 N–H and O–H groups in total. The molecule has 0 aliphatic heterocycles. The predicted octanol–water partition coefficient (Wildman–Crippen LogP) is 4.20. The van der Waals surface area contributed by atoms with Crippen molar-refractivity contribution in [2.45, 2.75) is 51.3 Å². The fourth-order valence-electron chi connectivity index (χ4n) is 2.81. The molecule has 0 saturated heterocycles. The van der Waals surface area contributed by atoms with Crippen LogP contribution in [-0.2, 0) is 12.3 Å². The molecule has 2 nitrogen and oxygen atoms in total. The van der Waals surface area contributed by atoms with Crippen LogP contribution in [0, 0.1) is 5.41 Å². The van der Waals surface area contributed by atoms with Crippen molar-refractivity contribution in [3.05, 3.63) is 23.7 Å². The van der Waals surface area contributed by atoms with Crippen LogP contribution in [0.1, 0.15) is 50.5 Å². The maximum Gasteiger partial charge on any atom is 0.118 e. The van der Waals surface area contributed by atoms with Crippen molar-refractivity contribution < 1.29 is 4.42 Å². The first-order chi connectivity index (χ1) is 8.72. The van der Waals surface area contributed by atoms with Crippen molar-refractivity contribution in [3.8, 4) is 0 Å². The molecule has 0 bridgehead atoms. The van der Waals surface area contributed by atoms with Gasteiger partial charge in [0.15, 0.2) is 0 Å². The average Bonchev–Trinajstić information content (AvgIpc) is 2.78. The van der Waals surface area contributed by atoms with Crippen LogP contribution >= 0.6 is 11.8 Å². The summed E-state index contributed by atoms with van der Waals surface area (Å²) in [6.45, 7) is 4.40. The average molecular weight is 267 g/mol. The van der Waals surface area contributed by atoms with Gasteiger partial charge in [-0.25, -0.2) is 0 Å². The Hall–Kier alpha value is -0.410. The third-order valence-corrected chi connectivity index (χ3v) is 4.49. The summed E-state index contributed by atoms with van der Waals surface area (Å²) in [6, 6.07) is 4.19. The first-order valence-corrected chi connectivity index (χ1v) is 8.38. The quantitative estimate of drug-likeness (QED) is 0.836. The van der Waals surface area contributed by atoms with Gasteiger partial charge in [0.25, 0.3) is 0 Å². The summed E-state index contributed by atoms with van der Waals surface area (Å²) in [6.07, 6.45) is 9.07. The molecule has 0 radical (unpaired) electrons. The van der Waals surface area contributed by atoms with E-state index >= 15 is 0 Å². The fourth-order valence-corrected chi connectivity index (χ4v) is 3.25. The van der Waals surface area contributed by atoms with E-state index in [1.54, 1.807) is 11.8 Å². The van der Waals surface area contributed by atoms with E-state index in [4.69, 9.17) is 4.42 Å². The van der Waals surface area contributed by atoms with Crippen LogP contribution in [0.25, 0.3) is 0 Å². The highest BCUT2D eigenvalue weighted by atomic mass is 32.2. The normalized spacial score (nSPS) is 19.0. The highest BCUT2D eigenvalue weighted by molar-refractivity contribution is 7.97. The monoisotopic (exact) mass is 267 g/mol. The van der Waals surface area contributed by atoms with Crippen LogP contribution in [0.15, 0.2) is 16.5 Å². The van der Waals surface area contributed by atoms with Crippen LogP contribution in [0.3, 0.4) is 0 Å². The lowest BCUT2D eigenvalue weighted by Crippen LogP contribution is -2.33. The second kappa shape index (κ2) is 6.67. The van der Waals surface area contributed by atoms with Gasteiger partial charge < -0.3 is 9.73 Å². The van der Waals surface area contributed by atoms with Gasteiger partial charge in [0, 0.05) is 6.54 Å². The lowest BCUT2D eigenvalue weighted by Gasteiger charge is -2.33. The number of thioether (sulfide) groups is 1. The Bertz CT molecular complexity index is 355. The minimum absolute atomic E-state index is 0.507. The van der Waals surface area contributed by atoms with Crippen molar-refractivity contribution >= 4 is 11.8 Å². The fraction of sp³-hybridized carbons (Fsp3) is 0.733. The molecule has 1 saturated carbocycles. The maximum absolute atomic E-state index is 5.76. The van der Waals surface area contributed by atoms with E-state index in [-0.39, 0.29) is 0 Å². The summed E-state index contributed by atoms with van der Waals surface area (Å²) in [5.41, 5.74) is 0.507. The van der Waals surface area contributed by atoms with Gasteiger partial charge in [-0.05, 0) is 36.6 Å². The van der Waals surface area contributed by atoms with Crippen molar-refractivity contribution in [1.29, 1.82) is 0 Å². The lowest BCUT2D eigenvalue weighted by atomic mass is 9.76. The van der Waals surface area contributed by atoms with Crippen LogP contribution < -0.4 is 5.32 Å². The maximum atomic E-state index is 5.76. The summed E-state index contributed by atoms with van der Waals surface area (Å²) < 4.78 is 5.76. The second-order valence-electron chi connectivity index (χ2n) is 5.78. The zero-order valence-electron chi connectivity index (χ0n) is 11.6. The molecule has 1 aliphatic carbocycles. The molecule has 0 amide bonds. The smallest absolute Gasteiger partial charge is 0.118 e. The van der Waals surface area contributed by atoms with Crippen molar-refractivity contribution in [2.75, 3.05) is 12.8 Å². The highest BCUT2D eigenvalue weighted by Crippen LogP contribution is 2.34. The zero-order valence-corrected chi connectivity index (χ0v) is 12.4. The van der Waals surface area contributed by atoms with E-state index in [0.717, 1.165) is 30.4 Å². The summed E-state index contributed by atoms with van der Waals surface area (Å²) in [7, 11) is 0. The summed E-state index contributed by atoms with van der Waals surface area (Å²) in [5, 5.41) is 3.57. The summed E-state index contributed by atoms with van der Waals surface area (Å²) in [5.74, 6) is 3.12. The Labute approximate surface area is 115 Å². The van der Waals surface area contributed by atoms with Crippen LogP contribution in [0.4, 0.5) is 0 Å². The van der Waals surface area contributed by atoms with E-state index in [0.29, 0.717) is 5.41 Å². The van der Waals surface area contributed by atoms with E-state index in [1.807, 2.05) is 0 Å². The summed E-state index contributed by atoms with van der Waals surface area (Å²) >= 11 is 1.80. The van der Waals surface area contributed by atoms with Gasteiger partial charge in [-0.3, -0.25) is 0 Å². The molecular formula is C15H25NOS. The van der Waals surface area contributed by atoms with Gasteiger partial charge in [-0.2, -0.15) is 11.8 Å². The SMILES string of the molecule is CSCc1ccc(CNCC2(C)CCCCC2)o1. The Balaban J connectivity index is 1.73. The van der Waals surface area contributed by atoms with E-state index in [9.17, 15) is 0 Å². The molecule has 1 heterocycles. The van der Waals surface area contributed by atoms with Gasteiger partial charge in [0.05, 0.1) is 12.3 Å². The molecule has 1 fully saturated rings. The number of furan rings is 1. The van der Waals surface area contributed by atoms with E-state index in [1.165, 1.54) is 32.1 Å². The van der Waals surface area contributed by atoms with E-state index in [2.05, 4.69) is 30.6 Å². The Morgan fingerprint density at radius 1 is 1.22 bits per heavy atom. The Morgan fingerprint density at radius 2 is 1.94 bits per heavy atom. The van der Waals surface area contributed by atoms with Crippen LogP contribution in [0.2, 0.25) is 0 Å². The number of rotatable bonds is 6.